The molecule has 150 valence electrons. The first kappa shape index (κ1) is 20.0. The Kier molecular flexibility index (Phi) is 6.79. The van der Waals surface area contributed by atoms with E-state index in [0.29, 0.717) is 57.0 Å². The Morgan fingerprint density at radius 1 is 1.25 bits per heavy atom. The monoisotopic (exact) mass is 387 g/mol. The quantitative estimate of drug-likeness (QED) is 0.792. The zero-order valence-electron chi connectivity index (χ0n) is 16.1. The average Bonchev–Trinajstić information content (AvgIpc) is 3.20. The second-order valence-corrected chi connectivity index (χ2v) is 7.07. The molecule has 1 N–H and O–H groups in total. The van der Waals surface area contributed by atoms with E-state index in [9.17, 15) is 14.0 Å². The van der Waals surface area contributed by atoms with E-state index >= 15 is 0 Å². The minimum Gasteiger partial charge on any atom is -0.441 e. The van der Waals surface area contributed by atoms with E-state index in [1.165, 1.54) is 12.1 Å². The lowest BCUT2D eigenvalue weighted by Gasteiger charge is -2.31. The van der Waals surface area contributed by atoms with Crippen LogP contribution in [0.15, 0.2) is 34.9 Å². The van der Waals surface area contributed by atoms with Crippen LogP contribution >= 0.6 is 0 Å². The van der Waals surface area contributed by atoms with Crippen LogP contribution in [0.5, 0.6) is 0 Å². The molecule has 0 spiro atoms. The molecular weight excluding hydrogens is 361 g/mol. The molecule has 0 radical (unpaired) electrons. The van der Waals surface area contributed by atoms with E-state index in [4.69, 9.17) is 4.42 Å². The molecule has 2 aromatic rings. The molecule has 0 unspecified atom stereocenters. The second-order valence-electron chi connectivity index (χ2n) is 7.07. The smallest absolute Gasteiger partial charge is 0.223 e. The maximum atomic E-state index is 13.0. The molecule has 1 aromatic carbocycles. The molecule has 2 amide bonds. The maximum Gasteiger partial charge on any atom is 0.223 e. The number of carbonyl (C=O) groups is 2. The van der Waals surface area contributed by atoms with Crippen molar-refractivity contribution in [2.45, 2.75) is 39.0 Å². The number of nitrogens with one attached hydrogen (secondary N) is 1. The van der Waals surface area contributed by atoms with Crippen molar-refractivity contribution < 1.29 is 18.4 Å². The number of benzene rings is 1. The van der Waals surface area contributed by atoms with Crippen molar-refractivity contribution in [1.82, 2.24) is 15.2 Å². The topological polar surface area (TPSA) is 75.4 Å². The van der Waals surface area contributed by atoms with Crippen LogP contribution in [0.2, 0.25) is 0 Å². The molecule has 28 heavy (non-hydrogen) atoms. The summed E-state index contributed by atoms with van der Waals surface area (Å²) in [7, 11) is 0. The number of carbonyl (C=O) groups excluding carboxylic acids is 2. The Morgan fingerprint density at radius 2 is 1.96 bits per heavy atom. The normalized spacial score (nSPS) is 14.9. The summed E-state index contributed by atoms with van der Waals surface area (Å²) < 4.78 is 18.7. The minimum absolute atomic E-state index is 0.000563. The predicted octanol–water partition coefficient (Wildman–Crippen LogP) is 3.18. The summed E-state index contributed by atoms with van der Waals surface area (Å²) in [6.45, 7) is 3.94. The summed E-state index contributed by atoms with van der Waals surface area (Å²) in [6.07, 6.45) is 4.65. The van der Waals surface area contributed by atoms with E-state index in [0.717, 1.165) is 12.0 Å². The summed E-state index contributed by atoms with van der Waals surface area (Å²) in [5.41, 5.74) is 0.745. The fourth-order valence-electron chi connectivity index (χ4n) is 3.33. The third-order valence-electron chi connectivity index (χ3n) is 5.00. The first-order chi connectivity index (χ1) is 13.6. The van der Waals surface area contributed by atoms with E-state index in [1.807, 2.05) is 11.8 Å². The van der Waals surface area contributed by atoms with Gasteiger partial charge in [0.1, 0.15) is 5.82 Å². The molecule has 0 bridgehead atoms. The van der Waals surface area contributed by atoms with E-state index < -0.39 is 0 Å². The fourth-order valence-corrected chi connectivity index (χ4v) is 3.33. The van der Waals surface area contributed by atoms with Crippen LogP contribution in [-0.4, -0.2) is 41.3 Å². The molecule has 0 saturated carbocycles. The van der Waals surface area contributed by atoms with Gasteiger partial charge in [0.15, 0.2) is 11.7 Å². The van der Waals surface area contributed by atoms with Crippen LogP contribution in [0, 0.1) is 11.7 Å². The number of nitrogens with zero attached hydrogens (tertiary/aromatic N) is 2. The number of amides is 2. The number of piperidine rings is 1. The van der Waals surface area contributed by atoms with E-state index in [-0.39, 0.29) is 23.5 Å². The Labute approximate surface area is 164 Å². The van der Waals surface area contributed by atoms with Crippen molar-refractivity contribution in [2.75, 3.05) is 19.6 Å². The molecule has 2 heterocycles. The minimum atomic E-state index is -0.305. The standard InChI is InChI=1S/C21H26FN3O3/c1-2-11-23-21(27)16-9-12-25(13-10-16)20(26)8-7-19-24-14-18(28-19)15-3-5-17(22)6-4-15/h3-6,14,16H,2,7-13H2,1H3,(H,23,27). The number of rotatable bonds is 7. The highest BCUT2D eigenvalue weighted by molar-refractivity contribution is 5.80. The summed E-state index contributed by atoms with van der Waals surface area (Å²) in [6, 6.07) is 6.00. The lowest BCUT2D eigenvalue weighted by Crippen LogP contribution is -2.43. The number of aryl methyl sites for hydroxylation is 1. The number of likely N-dealkylation sites (tertiary alicyclic amines) is 1. The van der Waals surface area contributed by atoms with Gasteiger partial charge in [-0.15, -0.1) is 0 Å². The summed E-state index contributed by atoms with van der Waals surface area (Å²) in [5, 5.41) is 2.93. The Bertz CT molecular complexity index is 795. The zero-order valence-corrected chi connectivity index (χ0v) is 16.1. The van der Waals surface area contributed by atoms with Gasteiger partial charge in [-0.1, -0.05) is 6.92 Å². The van der Waals surface area contributed by atoms with Gasteiger partial charge in [0.2, 0.25) is 11.8 Å². The van der Waals surface area contributed by atoms with Crippen molar-refractivity contribution in [1.29, 1.82) is 0 Å². The fraction of sp³-hybridized carbons (Fsp3) is 0.476. The molecule has 0 atom stereocenters. The van der Waals surface area contributed by atoms with Gasteiger partial charge in [0.05, 0.1) is 6.20 Å². The zero-order chi connectivity index (χ0) is 19.9. The van der Waals surface area contributed by atoms with Crippen molar-refractivity contribution in [3.8, 4) is 11.3 Å². The third kappa shape index (κ3) is 5.18. The van der Waals surface area contributed by atoms with Gasteiger partial charge in [-0.3, -0.25) is 9.59 Å². The molecule has 7 heteroatoms. The Morgan fingerprint density at radius 3 is 2.64 bits per heavy atom. The number of halogens is 1. The van der Waals surface area contributed by atoms with Gasteiger partial charge in [-0.05, 0) is 43.5 Å². The average molecular weight is 387 g/mol. The predicted molar refractivity (Wildman–Crippen MR) is 103 cm³/mol. The molecule has 1 aromatic heterocycles. The summed E-state index contributed by atoms with van der Waals surface area (Å²) in [4.78, 5) is 30.5. The second kappa shape index (κ2) is 9.48. The molecule has 1 saturated heterocycles. The highest BCUT2D eigenvalue weighted by Crippen LogP contribution is 2.22. The van der Waals surface area contributed by atoms with Gasteiger partial charge < -0.3 is 14.6 Å². The van der Waals surface area contributed by atoms with Crippen LogP contribution < -0.4 is 5.32 Å². The van der Waals surface area contributed by atoms with E-state index in [1.54, 1.807) is 18.3 Å². The van der Waals surface area contributed by atoms with Gasteiger partial charge in [-0.25, -0.2) is 9.37 Å². The molecule has 0 aliphatic carbocycles. The first-order valence-electron chi connectivity index (χ1n) is 9.83. The number of aromatic nitrogens is 1. The van der Waals surface area contributed by atoms with Crippen LogP contribution in [0.3, 0.4) is 0 Å². The molecule has 1 fully saturated rings. The van der Waals surface area contributed by atoms with Crippen LogP contribution in [0.25, 0.3) is 11.3 Å². The molecule has 1 aliphatic rings. The van der Waals surface area contributed by atoms with Crippen molar-refractivity contribution in [3.05, 3.63) is 42.2 Å². The van der Waals surface area contributed by atoms with Crippen molar-refractivity contribution in [3.63, 3.8) is 0 Å². The molecular formula is C21H26FN3O3. The van der Waals surface area contributed by atoms with Crippen molar-refractivity contribution >= 4 is 11.8 Å². The van der Waals surface area contributed by atoms with Crippen LogP contribution in [0.4, 0.5) is 4.39 Å². The number of hydrogen-bond donors (Lipinski definition) is 1. The number of oxazole rings is 1. The lowest BCUT2D eigenvalue weighted by atomic mass is 9.95. The molecule has 3 rings (SSSR count). The Hall–Kier alpha value is -2.70. The summed E-state index contributed by atoms with van der Waals surface area (Å²) in [5.74, 6) is 0.889. The molecule has 6 nitrogen and oxygen atoms in total. The maximum absolute atomic E-state index is 13.0. The van der Waals surface area contributed by atoms with Gasteiger partial charge in [-0.2, -0.15) is 0 Å². The van der Waals surface area contributed by atoms with E-state index in [2.05, 4.69) is 10.3 Å². The van der Waals surface area contributed by atoms with Gasteiger partial charge in [0.25, 0.3) is 0 Å². The lowest BCUT2D eigenvalue weighted by molar-refractivity contribution is -0.135. The van der Waals surface area contributed by atoms with Crippen LogP contribution in [0.1, 0.15) is 38.5 Å². The van der Waals surface area contributed by atoms with Gasteiger partial charge >= 0.3 is 0 Å². The highest BCUT2D eigenvalue weighted by Gasteiger charge is 2.27. The molecule has 1 aliphatic heterocycles. The summed E-state index contributed by atoms with van der Waals surface area (Å²) >= 11 is 0. The Balaban J connectivity index is 1.45. The largest absolute Gasteiger partial charge is 0.441 e. The first-order valence-corrected chi connectivity index (χ1v) is 9.83. The third-order valence-corrected chi connectivity index (χ3v) is 5.00. The van der Waals surface area contributed by atoms with Gasteiger partial charge in [0, 0.05) is 44.0 Å². The SMILES string of the molecule is CCCNC(=O)C1CCN(C(=O)CCc2ncc(-c3ccc(F)cc3)o2)CC1. The number of hydrogen-bond acceptors (Lipinski definition) is 4. The van der Waals surface area contributed by atoms with Crippen LogP contribution in [-0.2, 0) is 16.0 Å². The highest BCUT2D eigenvalue weighted by atomic mass is 19.1. The van der Waals surface area contributed by atoms with Crippen molar-refractivity contribution in [2.24, 2.45) is 5.92 Å².